The van der Waals surface area contributed by atoms with Crippen LogP contribution in [0.4, 0.5) is 0 Å². The summed E-state index contributed by atoms with van der Waals surface area (Å²) in [6.07, 6.45) is 1.18. The smallest absolute Gasteiger partial charge is 0.118 e. The predicted molar refractivity (Wildman–Crippen MR) is 81.7 cm³/mol. The van der Waals surface area contributed by atoms with E-state index in [-0.39, 0.29) is 0 Å². The SMILES string of the molecule is CCCNC(C)C(C)N(C)Cc1ccc(OC)cc1. The number of rotatable bonds is 8. The topological polar surface area (TPSA) is 24.5 Å². The van der Waals surface area contributed by atoms with E-state index in [1.807, 2.05) is 12.1 Å². The number of hydrogen-bond donors (Lipinski definition) is 1. The van der Waals surface area contributed by atoms with E-state index in [9.17, 15) is 0 Å². The van der Waals surface area contributed by atoms with Gasteiger partial charge in [0.15, 0.2) is 0 Å². The Bertz CT molecular complexity index is 350. The van der Waals surface area contributed by atoms with E-state index in [1.54, 1.807) is 7.11 Å². The average Bonchev–Trinajstić information content (AvgIpc) is 2.44. The van der Waals surface area contributed by atoms with E-state index >= 15 is 0 Å². The Balaban J connectivity index is 2.50. The number of methoxy groups -OCH3 is 1. The third-order valence-corrected chi connectivity index (χ3v) is 3.73. The molecule has 1 rings (SSSR count). The van der Waals surface area contributed by atoms with Gasteiger partial charge in [-0.1, -0.05) is 19.1 Å². The summed E-state index contributed by atoms with van der Waals surface area (Å²) in [5, 5.41) is 3.56. The van der Waals surface area contributed by atoms with E-state index in [1.165, 1.54) is 12.0 Å². The molecule has 0 aliphatic rings. The quantitative estimate of drug-likeness (QED) is 0.781. The Morgan fingerprint density at radius 3 is 2.37 bits per heavy atom. The first-order valence-corrected chi connectivity index (χ1v) is 7.15. The molecule has 0 bridgehead atoms. The van der Waals surface area contributed by atoms with Gasteiger partial charge in [-0.3, -0.25) is 4.90 Å². The second-order valence-corrected chi connectivity index (χ2v) is 5.25. The van der Waals surface area contributed by atoms with Crippen molar-refractivity contribution < 1.29 is 4.74 Å². The third kappa shape index (κ3) is 5.21. The molecule has 0 spiro atoms. The van der Waals surface area contributed by atoms with Gasteiger partial charge in [0.25, 0.3) is 0 Å². The van der Waals surface area contributed by atoms with Crippen LogP contribution in [-0.2, 0) is 6.54 Å². The van der Waals surface area contributed by atoms with Gasteiger partial charge in [0.05, 0.1) is 7.11 Å². The van der Waals surface area contributed by atoms with Crippen molar-refractivity contribution in [3.05, 3.63) is 29.8 Å². The third-order valence-electron chi connectivity index (χ3n) is 3.73. The Kier molecular flexibility index (Phi) is 6.89. The van der Waals surface area contributed by atoms with Crippen LogP contribution in [-0.4, -0.2) is 37.7 Å². The number of benzene rings is 1. The normalized spacial score (nSPS) is 14.4. The van der Waals surface area contributed by atoms with Crippen LogP contribution in [0.3, 0.4) is 0 Å². The Labute approximate surface area is 118 Å². The molecule has 0 fully saturated rings. The molecule has 3 heteroatoms. The summed E-state index contributed by atoms with van der Waals surface area (Å²) in [4.78, 5) is 2.38. The van der Waals surface area contributed by atoms with Crippen LogP contribution in [0.1, 0.15) is 32.8 Å². The molecule has 1 aromatic rings. The van der Waals surface area contributed by atoms with Crippen LogP contribution < -0.4 is 10.1 Å². The first kappa shape index (κ1) is 16.0. The highest BCUT2D eigenvalue weighted by molar-refractivity contribution is 5.27. The Morgan fingerprint density at radius 1 is 1.21 bits per heavy atom. The van der Waals surface area contributed by atoms with Gasteiger partial charge >= 0.3 is 0 Å². The van der Waals surface area contributed by atoms with Gasteiger partial charge in [-0.05, 0) is 51.6 Å². The lowest BCUT2D eigenvalue weighted by molar-refractivity contribution is 0.206. The molecule has 0 aliphatic carbocycles. The molecule has 2 atom stereocenters. The van der Waals surface area contributed by atoms with Crippen molar-refractivity contribution >= 4 is 0 Å². The molecule has 0 heterocycles. The van der Waals surface area contributed by atoms with Crippen molar-refractivity contribution in [1.29, 1.82) is 0 Å². The van der Waals surface area contributed by atoms with Crippen molar-refractivity contribution in [2.24, 2.45) is 0 Å². The van der Waals surface area contributed by atoms with Gasteiger partial charge in [-0.15, -0.1) is 0 Å². The zero-order chi connectivity index (χ0) is 14.3. The summed E-state index contributed by atoms with van der Waals surface area (Å²) >= 11 is 0. The molecule has 0 amide bonds. The van der Waals surface area contributed by atoms with Crippen LogP contribution in [0.5, 0.6) is 5.75 Å². The number of ether oxygens (including phenoxy) is 1. The van der Waals surface area contributed by atoms with Gasteiger partial charge in [-0.2, -0.15) is 0 Å². The lowest BCUT2D eigenvalue weighted by atomic mass is 10.1. The summed E-state index contributed by atoms with van der Waals surface area (Å²) in [5.41, 5.74) is 1.32. The number of likely N-dealkylation sites (N-methyl/N-ethyl adjacent to an activating group) is 1. The molecule has 0 radical (unpaired) electrons. The monoisotopic (exact) mass is 264 g/mol. The summed E-state index contributed by atoms with van der Waals surface area (Å²) < 4.78 is 5.18. The lowest BCUT2D eigenvalue weighted by Gasteiger charge is -2.30. The number of nitrogens with one attached hydrogen (secondary N) is 1. The first-order chi connectivity index (χ1) is 9.08. The lowest BCUT2D eigenvalue weighted by Crippen LogP contribution is -2.45. The highest BCUT2D eigenvalue weighted by Crippen LogP contribution is 2.14. The molecule has 108 valence electrons. The second kappa shape index (κ2) is 8.18. The van der Waals surface area contributed by atoms with Crippen LogP contribution in [0.15, 0.2) is 24.3 Å². The molecular formula is C16H28N2O. The molecule has 1 aromatic carbocycles. The fourth-order valence-electron chi connectivity index (χ4n) is 2.09. The Morgan fingerprint density at radius 2 is 1.84 bits per heavy atom. The van der Waals surface area contributed by atoms with E-state index < -0.39 is 0 Å². The van der Waals surface area contributed by atoms with E-state index in [0.717, 1.165) is 18.8 Å². The minimum absolute atomic E-state index is 0.503. The number of nitrogens with zero attached hydrogens (tertiary/aromatic N) is 1. The highest BCUT2D eigenvalue weighted by atomic mass is 16.5. The molecule has 2 unspecified atom stereocenters. The molecule has 0 saturated carbocycles. The van der Waals surface area contributed by atoms with E-state index in [4.69, 9.17) is 4.74 Å². The van der Waals surface area contributed by atoms with Crippen molar-refractivity contribution in [2.45, 2.75) is 45.8 Å². The average molecular weight is 264 g/mol. The van der Waals surface area contributed by atoms with Crippen LogP contribution >= 0.6 is 0 Å². The first-order valence-electron chi connectivity index (χ1n) is 7.15. The maximum Gasteiger partial charge on any atom is 0.118 e. The van der Waals surface area contributed by atoms with Crippen molar-refractivity contribution in [1.82, 2.24) is 10.2 Å². The van der Waals surface area contributed by atoms with Gasteiger partial charge in [0.2, 0.25) is 0 Å². The summed E-state index contributed by atoms with van der Waals surface area (Å²) in [6.45, 7) is 8.78. The highest BCUT2D eigenvalue weighted by Gasteiger charge is 2.16. The van der Waals surface area contributed by atoms with Gasteiger partial charge < -0.3 is 10.1 Å². The minimum Gasteiger partial charge on any atom is -0.497 e. The zero-order valence-corrected chi connectivity index (χ0v) is 12.9. The Hall–Kier alpha value is -1.06. The van der Waals surface area contributed by atoms with Crippen LogP contribution in [0.25, 0.3) is 0 Å². The molecule has 0 aliphatic heterocycles. The fraction of sp³-hybridized carbons (Fsp3) is 0.625. The van der Waals surface area contributed by atoms with E-state index in [2.05, 4.69) is 50.2 Å². The molecule has 0 saturated heterocycles. The van der Waals surface area contributed by atoms with Gasteiger partial charge in [0, 0.05) is 18.6 Å². The maximum absolute atomic E-state index is 5.18. The maximum atomic E-state index is 5.18. The largest absolute Gasteiger partial charge is 0.497 e. The van der Waals surface area contributed by atoms with Crippen molar-refractivity contribution in [3.63, 3.8) is 0 Å². The summed E-state index contributed by atoms with van der Waals surface area (Å²) in [6, 6.07) is 9.31. The van der Waals surface area contributed by atoms with Crippen LogP contribution in [0, 0.1) is 0 Å². The van der Waals surface area contributed by atoms with Gasteiger partial charge in [-0.25, -0.2) is 0 Å². The molecule has 3 nitrogen and oxygen atoms in total. The fourth-order valence-corrected chi connectivity index (χ4v) is 2.09. The molecule has 1 N–H and O–H groups in total. The van der Waals surface area contributed by atoms with Crippen molar-refractivity contribution in [2.75, 3.05) is 20.7 Å². The predicted octanol–water partition coefficient (Wildman–Crippen LogP) is 2.90. The van der Waals surface area contributed by atoms with Gasteiger partial charge in [0.1, 0.15) is 5.75 Å². The molecule has 19 heavy (non-hydrogen) atoms. The summed E-state index contributed by atoms with van der Waals surface area (Å²) in [7, 11) is 3.88. The minimum atomic E-state index is 0.503. The standard InChI is InChI=1S/C16H28N2O/c1-6-11-17-13(2)14(3)18(4)12-15-7-9-16(19-5)10-8-15/h7-10,13-14,17H,6,11-12H2,1-5H3. The van der Waals surface area contributed by atoms with Crippen LogP contribution in [0.2, 0.25) is 0 Å². The number of hydrogen-bond acceptors (Lipinski definition) is 3. The van der Waals surface area contributed by atoms with E-state index in [0.29, 0.717) is 12.1 Å². The zero-order valence-electron chi connectivity index (χ0n) is 12.9. The summed E-state index contributed by atoms with van der Waals surface area (Å²) in [5.74, 6) is 0.914. The second-order valence-electron chi connectivity index (χ2n) is 5.25. The molecule has 0 aromatic heterocycles. The molecular weight excluding hydrogens is 236 g/mol. The van der Waals surface area contributed by atoms with Crippen molar-refractivity contribution in [3.8, 4) is 5.75 Å².